The van der Waals surface area contributed by atoms with E-state index in [1.54, 1.807) is 38.1 Å². The molecule has 3 rings (SSSR count). The van der Waals surface area contributed by atoms with Crippen molar-refractivity contribution in [2.45, 2.75) is 42.8 Å². The molecule has 0 spiro atoms. The van der Waals surface area contributed by atoms with Gasteiger partial charge in [-0.1, -0.05) is 54.1 Å². The zero-order chi connectivity index (χ0) is 22.1. The topological polar surface area (TPSA) is 46.2 Å². The number of thioether (sulfide) groups is 1. The van der Waals surface area contributed by atoms with Crippen LogP contribution in [-0.2, 0) is 10.0 Å². The predicted octanol–water partition coefficient (Wildman–Crippen LogP) is 5.77. The van der Waals surface area contributed by atoms with Crippen LogP contribution in [-0.4, -0.2) is 26.4 Å². The van der Waals surface area contributed by atoms with Crippen LogP contribution in [0.2, 0.25) is 0 Å². The van der Waals surface area contributed by atoms with E-state index in [2.05, 4.69) is 0 Å². The summed E-state index contributed by atoms with van der Waals surface area (Å²) in [6.45, 7) is 4.98. The number of fused-ring (bicyclic) bond motifs is 1. The highest BCUT2D eigenvalue weighted by atomic mass is 32.2. The van der Waals surface area contributed by atoms with Crippen molar-refractivity contribution in [2.75, 3.05) is 5.75 Å². The fourth-order valence-electron chi connectivity index (χ4n) is 3.53. The van der Waals surface area contributed by atoms with E-state index in [0.29, 0.717) is 16.0 Å². The number of nitrogens with one attached hydrogen (secondary N) is 1. The molecule has 8 heteroatoms. The fourth-order valence-corrected chi connectivity index (χ4v) is 6.44. The Hall–Kier alpha value is -2.03. The zero-order valence-corrected chi connectivity index (χ0v) is 18.4. The molecular weight excluding hydrogens is 431 g/mol. The number of sulfonamides is 1. The molecule has 3 aromatic carbocycles. The third-order valence-electron chi connectivity index (χ3n) is 4.72. The van der Waals surface area contributed by atoms with Gasteiger partial charge < -0.3 is 0 Å². The Bertz CT molecular complexity index is 1150. The third kappa shape index (κ3) is 4.99. The quantitative estimate of drug-likeness (QED) is 0.482. The lowest BCUT2D eigenvalue weighted by Crippen LogP contribution is -2.47. The Morgan fingerprint density at radius 1 is 0.967 bits per heavy atom. The van der Waals surface area contributed by atoms with Crippen molar-refractivity contribution in [1.29, 1.82) is 0 Å². The second-order valence-corrected chi connectivity index (χ2v) is 9.94. The molecule has 160 valence electrons. The maximum atomic E-state index is 13.7. The molecule has 0 amide bonds. The molecule has 0 saturated carbocycles. The summed E-state index contributed by atoms with van der Waals surface area (Å²) in [7, 11) is -4.35. The molecule has 0 heterocycles. The molecule has 30 heavy (non-hydrogen) atoms. The number of hydrogen-bond acceptors (Lipinski definition) is 3. The Labute approximate surface area is 178 Å². The first-order chi connectivity index (χ1) is 14.0. The first kappa shape index (κ1) is 22.7. The maximum absolute atomic E-state index is 13.7. The highest BCUT2D eigenvalue weighted by Crippen LogP contribution is 2.32. The zero-order valence-electron chi connectivity index (χ0n) is 16.7. The van der Waals surface area contributed by atoms with Crippen molar-refractivity contribution in [3.63, 3.8) is 0 Å². The van der Waals surface area contributed by atoms with Crippen LogP contribution >= 0.6 is 11.8 Å². The summed E-state index contributed by atoms with van der Waals surface area (Å²) in [6, 6.07) is 13.9. The largest absolute Gasteiger partial charge is 0.405 e. The van der Waals surface area contributed by atoms with Gasteiger partial charge >= 0.3 is 6.18 Å². The van der Waals surface area contributed by atoms with Gasteiger partial charge in [-0.2, -0.15) is 17.9 Å². The summed E-state index contributed by atoms with van der Waals surface area (Å²) in [5, 5.41) is 1.75. The Morgan fingerprint density at radius 3 is 2.20 bits per heavy atom. The van der Waals surface area contributed by atoms with Gasteiger partial charge in [0.25, 0.3) is 0 Å². The van der Waals surface area contributed by atoms with Crippen LogP contribution in [0.15, 0.2) is 64.4 Å². The molecule has 1 unspecified atom stereocenters. The summed E-state index contributed by atoms with van der Waals surface area (Å²) >= 11 is 0.985. The lowest BCUT2D eigenvalue weighted by Gasteiger charge is -2.23. The van der Waals surface area contributed by atoms with Crippen LogP contribution in [0.3, 0.4) is 0 Å². The number of benzene rings is 3. The number of halogens is 3. The standard InChI is InChI=1S/C22H22F3NO2S2/c1-14-11-15(2)21(16(3)12-14)30(27,28)26-20(22(23,24)25)13-29-19-10-6-8-17-7-4-5-9-18(17)19/h4-12,20,26H,13H2,1-3H3. The van der Waals surface area contributed by atoms with Gasteiger partial charge in [0.05, 0.1) is 4.90 Å². The SMILES string of the molecule is Cc1cc(C)c(S(=O)(=O)NC(CSc2cccc3ccccc23)C(F)(F)F)c(C)c1. The van der Waals surface area contributed by atoms with Crippen molar-refractivity contribution < 1.29 is 21.6 Å². The minimum atomic E-state index is -4.73. The summed E-state index contributed by atoms with van der Waals surface area (Å²) in [5.74, 6) is -0.472. The molecule has 0 aliphatic carbocycles. The molecule has 3 aromatic rings. The third-order valence-corrected chi connectivity index (χ3v) is 7.66. The number of alkyl halides is 3. The molecular formula is C22H22F3NO2S2. The molecule has 0 saturated heterocycles. The lowest BCUT2D eigenvalue weighted by molar-refractivity contribution is -0.145. The van der Waals surface area contributed by atoms with Gasteiger partial charge in [0.2, 0.25) is 10.0 Å². The molecule has 0 fully saturated rings. The molecule has 1 atom stereocenters. The van der Waals surface area contributed by atoms with Crippen LogP contribution in [0.5, 0.6) is 0 Å². The average molecular weight is 454 g/mol. The van der Waals surface area contributed by atoms with Gasteiger partial charge in [-0.15, -0.1) is 11.8 Å². The summed E-state index contributed by atoms with van der Waals surface area (Å²) < 4.78 is 68.7. The first-order valence-electron chi connectivity index (χ1n) is 9.26. The minimum absolute atomic E-state index is 0.0995. The highest BCUT2D eigenvalue weighted by Gasteiger charge is 2.42. The number of hydrogen-bond donors (Lipinski definition) is 1. The van der Waals surface area contributed by atoms with Crippen molar-refractivity contribution in [3.05, 3.63) is 71.3 Å². The van der Waals surface area contributed by atoms with Crippen molar-refractivity contribution in [3.8, 4) is 0 Å². The Balaban J connectivity index is 1.89. The second-order valence-electron chi connectivity index (χ2n) is 7.23. The van der Waals surface area contributed by atoms with Crippen molar-refractivity contribution in [2.24, 2.45) is 0 Å². The van der Waals surface area contributed by atoms with E-state index in [1.165, 1.54) is 0 Å². The van der Waals surface area contributed by atoms with Gasteiger partial charge in [-0.3, -0.25) is 0 Å². The first-order valence-corrected chi connectivity index (χ1v) is 11.7. The van der Waals surface area contributed by atoms with Crippen molar-refractivity contribution in [1.82, 2.24) is 4.72 Å². The van der Waals surface area contributed by atoms with Gasteiger partial charge in [-0.05, 0) is 48.7 Å². The van der Waals surface area contributed by atoms with Crippen LogP contribution in [0.4, 0.5) is 13.2 Å². The molecule has 0 aliphatic rings. The van der Waals surface area contributed by atoms with Crippen molar-refractivity contribution >= 4 is 32.6 Å². The van der Waals surface area contributed by atoms with E-state index in [0.717, 1.165) is 28.1 Å². The Morgan fingerprint density at radius 2 is 1.57 bits per heavy atom. The maximum Gasteiger partial charge on any atom is 0.405 e. The summed E-state index contributed by atoms with van der Waals surface area (Å²) in [5.41, 5.74) is 1.69. The van der Waals surface area contributed by atoms with E-state index in [1.807, 2.05) is 42.0 Å². The minimum Gasteiger partial charge on any atom is -0.207 e. The number of aryl methyl sites for hydroxylation is 3. The monoisotopic (exact) mass is 453 g/mol. The van der Waals surface area contributed by atoms with Crippen LogP contribution in [0.25, 0.3) is 10.8 Å². The highest BCUT2D eigenvalue weighted by molar-refractivity contribution is 7.99. The number of rotatable bonds is 6. The van der Waals surface area contributed by atoms with Gasteiger partial charge in [-0.25, -0.2) is 8.42 Å². The fraction of sp³-hybridized carbons (Fsp3) is 0.273. The van der Waals surface area contributed by atoms with Gasteiger partial charge in [0, 0.05) is 10.6 Å². The van der Waals surface area contributed by atoms with Crippen LogP contribution in [0, 0.1) is 20.8 Å². The van der Waals surface area contributed by atoms with E-state index in [9.17, 15) is 21.6 Å². The molecule has 0 aromatic heterocycles. The second kappa shape index (κ2) is 8.61. The molecule has 0 aliphatic heterocycles. The summed E-state index contributed by atoms with van der Waals surface area (Å²) in [4.78, 5) is 0.571. The van der Waals surface area contributed by atoms with E-state index < -0.39 is 28.0 Å². The van der Waals surface area contributed by atoms with E-state index >= 15 is 0 Å². The smallest absolute Gasteiger partial charge is 0.207 e. The molecule has 0 bridgehead atoms. The Kier molecular flexibility index (Phi) is 6.50. The average Bonchev–Trinajstić information content (AvgIpc) is 2.63. The van der Waals surface area contributed by atoms with E-state index in [4.69, 9.17) is 0 Å². The molecule has 1 N–H and O–H groups in total. The molecule has 3 nitrogen and oxygen atoms in total. The normalized spacial score (nSPS) is 13.5. The predicted molar refractivity (Wildman–Crippen MR) is 115 cm³/mol. The molecule has 0 radical (unpaired) electrons. The van der Waals surface area contributed by atoms with Gasteiger partial charge in [0.15, 0.2) is 0 Å². The van der Waals surface area contributed by atoms with E-state index in [-0.39, 0.29) is 4.90 Å². The van der Waals surface area contributed by atoms with Crippen LogP contribution < -0.4 is 4.72 Å². The van der Waals surface area contributed by atoms with Gasteiger partial charge in [0.1, 0.15) is 6.04 Å². The summed E-state index contributed by atoms with van der Waals surface area (Å²) in [6.07, 6.45) is -4.73. The lowest BCUT2D eigenvalue weighted by atomic mass is 10.1. The van der Waals surface area contributed by atoms with Crippen LogP contribution in [0.1, 0.15) is 16.7 Å².